The van der Waals surface area contributed by atoms with Crippen molar-refractivity contribution in [2.24, 2.45) is 5.14 Å². The lowest BCUT2D eigenvalue weighted by Gasteiger charge is -2.24. The summed E-state index contributed by atoms with van der Waals surface area (Å²) in [6.45, 7) is 0.462. The quantitative estimate of drug-likeness (QED) is 0.671. The van der Waals surface area contributed by atoms with Gasteiger partial charge >= 0.3 is 5.97 Å². The second-order valence-corrected chi connectivity index (χ2v) is 8.34. The molecule has 0 bridgehead atoms. The van der Waals surface area contributed by atoms with Crippen LogP contribution in [-0.4, -0.2) is 43.4 Å². The van der Waals surface area contributed by atoms with Crippen LogP contribution in [-0.2, 0) is 19.6 Å². The lowest BCUT2D eigenvalue weighted by molar-refractivity contribution is -0.145. The number of sulfonamides is 1. The smallest absolute Gasteiger partial charge is 0.323 e. The molecule has 150 valence electrons. The summed E-state index contributed by atoms with van der Waals surface area (Å²) in [5, 5.41) is 15.3. The fourth-order valence-electron chi connectivity index (χ4n) is 2.56. The molecule has 28 heavy (non-hydrogen) atoms. The van der Waals surface area contributed by atoms with Gasteiger partial charge < -0.3 is 10.0 Å². The molecule has 1 aliphatic heterocycles. The number of carbonyl (C=O) groups excluding carboxylic acids is 1. The summed E-state index contributed by atoms with van der Waals surface area (Å²) in [6.07, 6.45) is 10.3. The van der Waals surface area contributed by atoms with Crippen molar-refractivity contribution in [1.29, 1.82) is 0 Å². The molecule has 2 aromatic rings. The maximum Gasteiger partial charge on any atom is 0.323 e. The van der Waals surface area contributed by atoms with Crippen molar-refractivity contribution in [2.45, 2.75) is 24.2 Å². The third-order valence-electron chi connectivity index (χ3n) is 3.85. The van der Waals surface area contributed by atoms with Crippen LogP contribution in [0.5, 0.6) is 0 Å². The van der Waals surface area contributed by atoms with Crippen LogP contribution in [0, 0.1) is 12.8 Å². The van der Waals surface area contributed by atoms with E-state index in [1.54, 1.807) is 12.1 Å². The van der Waals surface area contributed by atoms with Gasteiger partial charge in [0.05, 0.1) is 4.90 Å². The third kappa shape index (κ3) is 7.31. The average molecular weight is 469 g/mol. The SMILES string of the molecule is C#C.NS(=O)(=O)c1ccc2cc(Br)ccc2c1.O=C(O)CN1CCCCC1=O. The Morgan fingerprint density at radius 2 is 1.75 bits per heavy atom. The van der Waals surface area contributed by atoms with Crippen LogP contribution in [0.1, 0.15) is 19.3 Å². The molecule has 0 aromatic heterocycles. The van der Waals surface area contributed by atoms with Gasteiger partial charge in [0.25, 0.3) is 0 Å². The Labute approximate surface area is 172 Å². The second-order valence-electron chi connectivity index (χ2n) is 5.86. The van der Waals surface area contributed by atoms with E-state index >= 15 is 0 Å². The van der Waals surface area contributed by atoms with Crippen LogP contribution in [0.4, 0.5) is 0 Å². The van der Waals surface area contributed by atoms with E-state index in [9.17, 15) is 18.0 Å². The molecule has 1 aliphatic rings. The van der Waals surface area contributed by atoms with Crippen molar-refractivity contribution >= 4 is 48.6 Å². The summed E-state index contributed by atoms with van der Waals surface area (Å²) in [5.74, 6) is -0.959. The van der Waals surface area contributed by atoms with Crippen molar-refractivity contribution in [1.82, 2.24) is 4.90 Å². The zero-order valence-corrected chi connectivity index (χ0v) is 17.4. The molecule has 0 radical (unpaired) electrons. The van der Waals surface area contributed by atoms with Gasteiger partial charge in [-0.05, 0) is 47.9 Å². The van der Waals surface area contributed by atoms with E-state index in [0.717, 1.165) is 28.1 Å². The van der Waals surface area contributed by atoms with Crippen molar-refractivity contribution < 1.29 is 23.1 Å². The first-order valence-corrected chi connectivity index (χ1v) is 10.6. The number of primary sulfonamides is 1. The lowest BCUT2D eigenvalue weighted by atomic mass is 10.1. The number of nitrogens with zero attached hydrogens (tertiary/aromatic N) is 1. The average Bonchev–Trinajstić information content (AvgIpc) is 2.64. The van der Waals surface area contributed by atoms with Gasteiger partial charge in [0.1, 0.15) is 6.54 Å². The number of aliphatic carboxylic acids is 1. The summed E-state index contributed by atoms with van der Waals surface area (Å²) in [4.78, 5) is 22.7. The highest BCUT2D eigenvalue weighted by atomic mass is 79.9. The van der Waals surface area contributed by atoms with Crippen LogP contribution in [0.3, 0.4) is 0 Å². The lowest BCUT2D eigenvalue weighted by Crippen LogP contribution is -2.38. The normalized spacial score (nSPS) is 13.7. The van der Waals surface area contributed by atoms with Gasteiger partial charge in [0.2, 0.25) is 15.9 Å². The number of halogens is 1. The first-order valence-electron chi connectivity index (χ1n) is 8.22. The van der Waals surface area contributed by atoms with Gasteiger partial charge in [-0.1, -0.05) is 28.1 Å². The maximum absolute atomic E-state index is 11.1. The summed E-state index contributed by atoms with van der Waals surface area (Å²) in [5.41, 5.74) is 0. The predicted molar refractivity (Wildman–Crippen MR) is 111 cm³/mol. The molecular formula is C19H21BrN2O5S. The van der Waals surface area contributed by atoms with Crippen molar-refractivity contribution in [3.63, 3.8) is 0 Å². The molecule has 1 heterocycles. The van der Waals surface area contributed by atoms with Crippen molar-refractivity contribution in [3.8, 4) is 12.8 Å². The molecule has 1 fully saturated rings. The molecule has 1 saturated heterocycles. The summed E-state index contributed by atoms with van der Waals surface area (Å²) in [6, 6.07) is 10.4. The fourth-order valence-corrected chi connectivity index (χ4v) is 3.49. The van der Waals surface area contributed by atoms with Crippen LogP contribution < -0.4 is 5.14 Å². The van der Waals surface area contributed by atoms with E-state index in [1.807, 2.05) is 18.2 Å². The Bertz CT molecular complexity index is 973. The molecule has 3 rings (SSSR count). The molecule has 0 spiro atoms. The Hall–Kier alpha value is -2.41. The molecule has 0 aliphatic carbocycles. The van der Waals surface area contributed by atoms with Gasteiger partial charge in [0, 0.05) is 17.4 Å². The molecule has 1 amide bonds. The zero-order chi connectivity index (χ0) is 21.3. The Morgan fingerprint density at radius 1 is 1.14 bits per heavy atom. The highest BCUT2D eigenvalue weighted by molar-refractivity contribution is 9.10. The fraction of sp³-hybridized carbons (Fsp3) is 0.263. The van der Waals surface area contributed by atoms with Crippen molar-refractivity contribution in [3.05, 3.63) is 40.9 Å². The van der Waals surface area contributed by atoms with Gasteiger partial charge in [-0.3, -0.25) is 9.59 Å². The predicted octanol–water partition coefficient (Wildman–Crippen LogP) is 2.58. The standard InChI is InChI=1S/C10H8BrNO2S.C7H11NO3.C2H2/c11-9-3-1-8-6-10(15(12,13)14)4-2-7(8)5-9;9-6-3-1-2-4-8(6)5-7(10)11;1-2/h1-6H,(H2,12,13,14);1-5H2,(H,10,11);1-2H. The van der Waals surface area contributed by atoms with Gasteiger partial charge in [-0.25, -0.2) is 13.6 Å². The van der Waals surface area contributed by atoms with E-state index in [-0.39, 0.29) is 17.3 Å². The minimum absolute atomic E-state index is 0.0290. The van der Waals surface area contributed by atoms with E-state index < -0.39 is 16.0 Å². The number of rotatable bonds is 3. The van der Waals surface area contributed by atoms with Crippen LogP contribution in [0.25, 0.3) is 10.8 Å². The summed E-state index contributed by atoms with van der Waals surface area (Å²) < 4.78 is 23.2. The molecule has 3 N–H and O–H groups in total. The maximum atomic E-state index is 11.1. The monoisotopic (exact) mass is 468 g/mol. The van der Waals surface area contributed by atoms with E-state index in [1.165, 1.54) is 11.0 Å². The first kappa shape index (κ1) is 23.6. The Balaban J connectivity index is 0.000000268. The number of terminal acetylenes is 1. The van der Waals surface area contributed by atoms with Crippen LogP contribution in [0.15, 0.2) is 45.8 Å². The van der Waals surface area contributed by atoms with E-state index in [0.29, 0.717) is 13.0 Å². The third-order valence-corrected chi connectivity index (χ3v) is 5.25. The number of piperidine rings is 1. The molecule has 7 nitrogen and oxygen atoms in total. The summed E-state index contributed by atoms with van der Waals surface area (Å²) >= 11 is 3.35. The number of amides is 1. The molecular weight excluding hydrogens is 448 g/mol. The Morgan fingerprint density at radius 3 is 2.32 bits per heavy atom. The number of hydrogen-bond acceptors (Lipinski definition) is 4. The van der Waals surface area contributed by atoms with Gasteiger partial charge in [0.15, 0.2) is 0 Å². The number of carbonyl (C=O) groups is 2. The van der Waals surface area contributed by atoms with E-state index in [2.05, 4.69) is 28.8 Å². The molecule has 0 unspecified atom stereocenters. The largest absolute Gasteiger partial charge is 0.480 e. The zero-order valence-electron chi connectivity index (χ0n) is 15.0. The summed E-state index contributed by atoms with van der Waals surface area (Å²) in [7, 11) is -3.62. The highest BCUT2D eigenvalue weighted by Gasteiger charge is 2.19. The number of hydrogen-bond donors (Lipinski definition) is 2. The number of carboxylic acid groups (broad SMARTS) is 1. The van der Waals surface area contributed by atoms with Gasteiger partial charge in [-0.2, -0.15) is 0 Å². The minimum atomic E-state index is -3.62. The van der Waals surface area contributed by atoms with Crippen LogP contribution in [0.2, 0.25) is 0 Å². The van der Waals surface area contributed by atoms with Gasteiger partial charge in [-0.15, -0.1) is 12.8 Å². The molecule has 9 heteroatoms. The number of likely N-dealkylation sites (tertiary alicyclic amines) is 1. The van der Waals surface area contributed by atoms with Crippen molar-refractivity contribution in [2.75, 3.05) is 13.1 Å². The number of carboxylic acids is 1. The second kappa shape index (κ2) is 10.8. The Kier molecular flexibility index (Phi) is 9.12. The first-order chi connectivity index (χ1) is 13.2. The van der Waals surface area contributed by atoms with E-state index in [4.69, 9.17) is 10.2 Å². The molecule has 0 saturated carbocycles. The molecule has 0 atom stereocenters. The van der Waals surface area contributed by atoms with Crippen LogP contribution >= 0.6 is 15.9 Å². The number of fused-ring (bicyclic) bond motifs is 1. The topological polar surface area (TPSA) is 118 Å². The highest BCUT2D eigenvalue weighted by Crippen LogP contribution is 2.22. The number of nitrogens with two attached hydrogens (primary N) is 1. The minimum Gasteiger partial charge on any atom is -0.480 e. The number of benzene rings is 2. The molecule has 2 aromatic carbocycles.